The van der Waals surface area contributed by atoms with Crippen molar-refractivity contribution in [3.8, 4) is 0 Å². The van der Waals surface area contributed by atoms with Gasteiger partial charge in [-0.3, -0.25) is 0 Å². The topological polar surface area (TPSA) is 15.7 Å². The van der Waals surface area contributed by atoms with E-state index in [4.69, 9.17) is 4.43 Å². The fourth-order valence-electron chi connectivity index (χ4n) is 3.30. The third-order valence-electron chi connectivity index (χ3n) is 4.73. The van der Waals surface area contributed by atoms with E-state index in [0.29, 0.717) is 5.41 Å². The molecular weight excluding hydrogens is 276 g/mol. The molecule has 0 aliphatic rings. The van der Waals surface area contributed by atoms with Gasteiger partial charge in [0.25, 0.3) is 0 Å². The van der Waals surface area contributed by atoms with Crippen LogP contribution in [0.15, 0.2) is 0 Å². The van der Waals surface area contributed by atoms with E-state index in [1.807, 2.05) is 7.11 Å². The molecule has 0 rings (SSSR count). The molecule has 0 saturated carbocycles. The van der Waals surface area contributed by atoms with Crippen LogP contribution in [-0.4, -0.2) is 66.5 Å². The number of nitrogens with zero attached hydrogens (tertiary/aromatic N) is 2. The molecular formula is C17H40N2OSi. The predicted molar refractivity (Wildman–Crippen MR) is 97.6 cm³/mol. The van der Waals surface area contributed by atoms with Crippen molar-refractivity contribution in [2.75, 3.05) is 48.4 Å². The van der Waals surface area contributed by atoms with Crippen LogP contribution in [0.1, 0.15) is 39.0 Å². The van der Waals surface area contributed by atoms with E-state index in [1.165, 1.54) is 51.2 Å². The Hall–Kier alpha value is 0.0969. The van der Waals surface area contributed by atoms with Crippen molar-refractivity contribution in [1.82, 2.24) is 9.80 Å². The molecule has 0 amide bonds. The lowest BCUT2D eigenvalue weighted by atomic mass is 9.78. The van der Waals surface area contributed by atoms with Crippen LogP contribution >= 0.6 is 0 Å². The molecule has 4 heteroatoms. The summed E-state index contributed by atoms with van der Waals surface area (Å²) in [7, 11) is 9.09. The molecule has 0 aliphatic carbocycles. The van der Waals surface area contributed by atoms with Gasteiger partial charge in [0.1, 0.15) is 0 Å². The van der Waals surface area contributed by atoms with Crippen molar-refractivity contribution in [3.05, 3.63) is 0 Å². The Labute approximate surface area is 135 Å². The fraction of sp³-hybridized carbons (Fsp3) is 1.00. The number of rotatable bonds is 12. The molecule has 0 atom stereocenters. The van der Waals surface area contributed by atoms with E-state index >= 15 is 0 Å². The Morgan fingerprint density at radius 2 is 1.33 bits per heavy atom. The van der Waals surface area contributed by atoms with E-state index < -0.39 is 8.32 Å². The minimum Gasteiger partial charge on any atom is -0.420 e. The lowest BCUT2D eigenvalue weighted by Crippen LogP contribution is -2.38. The van der Waals surface area contributed by atoms with E-state index in [1.54, 1.807) is 0 Å². The maximum Gasteiger partial charge on any atom is 0.186 e. The molecule has 0 heterocycles. The van der Waals surface area contributed by atoms with E-state index in [2.05, 4.69) is 58.0 Å². The zero-order chi connectivity index (χ0) is 16.5. The summed E-state index contributed by atoms with van der Waals surface area (Å²) in [6.07, 6.45) is 6.57. The predicted octanol–water partition coefficient (Wildman–Crippen LogP) is 3.92. The average molecular weight is 317 g/mol. The second-order valence-corrected chi connectivity index (χ2v) is 12.1. The Morgan fingerprint density at radius 1 is 0.905 bits per heavy atom. The highest BCUT2D eigenvalue weighted by Crippen LogP contribution is 2.41. The molecule has 0 radical (unpaired) electrons. The zero-order valence-corrected chi connectivity index (χ0v) is 17.0. The minimum atomic E-state index is -1.52. The fourth-order valence-corrected chi connectivity index (χ4v) is 5.85. The third kappa shape index (κ3) is 9.66. The van der Waals surface area contributed by atoms with Crippen molar-refractivity contribution < 1.29 is 4.43 Å². The Morgan fingerprint density at radius 3 is 1.62 bits per heavy atom. The van der Waals surface area contributed by atoms with Crippen LogP contribution in [0, 0.1) is 5.41 Å². The van der Waals surface area contributed by atoms with Crippen molar-refractivity contribution in [2.24, 2.45) is 5.41 Å². The summed E-state index contributed by atoms with van der Waals surface area (Å²) < 4.78 is 5.87. The molecule has 0 unspecified atom stereocenters. The second kappa shape index (κ2) is 9.98. The van der Waals surface area contributed by atoms with Gasteiger partial charge in [-0.15, -0.1) is 0 Å². The summed E-state index contributed by atoms with van der Waals surface area (Å²) in [4.78, 5) is 4.61. The molecule has 0 bridgehead atoms. The maximum absolute atomic E-state index is 5.87. The van der Waals surface area contributed by atoms with E-state index in [-0.39, 0.29) is 0 Å². The van der Waals surface area contributed by atoms with Gasteiger partial charge < -0.3 is 14.2 Å². The molecule has 0 spiro atoms. The largest absolute Gasteiger partial charge is 0.420 e. The summed E-state index contributed by atoms with van der Waals surface area (Å²) >= 11 is 0. The zero-order valence-electron chi connectivity index (χ0n) is 16.0. The smallest absolute Gasteiger partial charge is 0.186 e. The summed E-state index contributed by atoms with van der Waals surface area (Å²) in [5, 5.41) is 0. The summed E-state index contributed by atoms with van der Waals surface area (Å²) in [5.74, 6) is 0. The van der Waals surface area contributed by atoms with Crippen LogP contribution in [-0.2, 0) is 4.43 Å². The van der Waals surface area contributed by atoms with Gasteiger partial charge in [-0.1, -0.05) is 13.3 Å². The molecule has 3 nitrogen and oxygen atoms in total. The minimum absolute atomic E-state index is 0.484. The molecule has 0 aliphatic heterocycles. The standard InChI is InChI=1S/C17H40N2OSi/c1-9-17(12-10-14-18(2)3,13-11-15-19(4)5)16-21(7,8)20-6/h9-16H2,1-8H3. The SMILES string of the molecule is CCC(CCCN(C)C)(CCCN(C)C)C[Si](C)(C)OC. The molecule has 0 aromatic rings. The van der Waals surface area contributed by atoms with Gasteiger partial charge >= 0.3 is 0 Å². The van der Waals surface area contributed by atoms with Gasteiger partial charge in [0, 0.05) is 7.11 Å². The molecule has 21 heavy (non-hydrogen) atoms. The summed E-state index contributed by atoms with van der Waals surface area (Å²) in [6.45, 7) is 9.52. The normalized spacial score (nSPS) is 13.4. The summed E-state index contributed by atoms with van der Waals surface area (Å²) in [5.41, 5.74) is 0.484. The lowest BCUT2D eigenvalue weighted by Gasteiger charge is -2.39. The van der Waals surface area contributed by atoms with Crippen molar-refractivity contribution >= 4 is 8.32 Å². The highest BCUT2D eigenvalue weighted by Gasteiger charge is 2.36. The van der Waals surface area contributed by atoms with Gasteiger partial charge in [-0.25, -0.2) is 0 Å². The number of hydrogen-bond donors (Lipinski definition) is 0. The van der Waals surface area contributed by atoms with Gasteiger partial charge in [-0.2, -0.15) is 0 Å². The quantitative estimate of drug-likeness (QED) is 0.508. The maximum atomic E-state index is 5.87. The first-order valence-electron chi connectivity index (χ1n) is 8.51. The second-order valence-electron chi connectivity index (χ2n) is 7.81. The first kappa shape index (κ1) is 21.1. The van der Waals surface area contributed by atoms with Crippen LogP contribution in [0.3, 0.4) is 0 Å². The average Bonchev–Trinajstić information content (AvgIpc) is 2.37. The van der Waals surface area contributed by atoms with Crippen molar-refractivity contribution in [1.29, 1.82) is 0 Å². The van der Waals surface area contributed by atoms with Gasteiger partial charge in [0.2, 0.25) is 0 Å². The van der Waals surface area contributed by atoms with E-state index in [9.17, 15) is 0 Å². The Bertz CT molecular complexity index is 254. The van der Waals surface area contributed by atoms with Gasteiger partial charge in [0.05, 0.1) is 0 Å². The molecule has 128 valence electrons. The highest BCUT2D eigenvalue weighted by molar-refractivity contribution is 6.71. The Kier molecular flexibility index (Phi) is 10.0. The van der Waals surface area contributed by atoms with Gasteiger partial charge in [-0.05, 0) is 91.5 Å². The van der Waals surface area contributed by atoms with E-state index in [0.717, 1.165) is 0 Å². The third-order valence-corrected chi connectivity index (χ3v) is 7.43. The van der Waals surface area contributed by atoms with Crippen molar-refractivity contribution in [3.63, 3.8) is 0 Å². The highest BCUT2D eigenvalue weighted by atomic mass is 28.4. The van der Waals surface area contributed by atoms with Crippen LogP contribution in [0.2, 0.25) is 19.1 Å². The molecule has 0 fully saturated rings. The first-order chi connectivity index (χ1) is 9.66. The molecule has 0 aromatic heterocycles. The molecule has 0 N–H and O–H groups in total. The van der Waals surface area contributed by atoms with Crippen LogP contribution in [0.4, 0.5) is 0 Å². The monoisotopic (exact) mass is 316 g/mol. The van der Waals surface area contributed by atoms with Crippen LogP contribution in [0.5, 0.6) is 0 Å². The van der Waals surface area contributed by atoms with Crippen molar-refractivity contribution in [2.45, 2.75) is 58.2 Å². The molecule has 0 saturated heterocycles. The van der Waals surface area contributed by atoms with Crippen LogP contribution < -0.4 is 0 Å². The molecule has 0 aromatic carbocycles. The van der Waals surface area contributed by atoms with Crippen LogP contribution in [0.25, 0.3) is 0 Å². The lowest BCUT2D eigenvalue weighted by molar-refractivity contribution is 0.211. The number of hydrogen-bond acceptors (Lipinski definition) is 3. The summed E-state index contributed by atoms with van der Waals surface area (Å²) in [6, 6.07) is 1.30. The Balaban J connectivity index is 4.74. The first-order valence-corrected chi connectivity index (χ1v) is 11.6. The van der Waals surface area contributed by atoms with Gasteiger partial charge in [0.15, 0.2) is 8.32 Å².